The molecule has 0 bridgehead atoms. The van der Waals surface area contributed by atoms with Gasteiger partial charge < -0.3 is 14.8 Å². The first-order chi connectivity index (χ1) is 15.0. The number of carbonyl (C=O) groups excluding carboxylic acids is 1. The Morgan fingerprint density at radius 3 is 2.19 bits per heavy atom. The summed E-state index contributed by atoms with van der Waals surface area (Å²) in [5.74, 6) is 0.429. The first kappa shape index (κ1) is 22.2. The smallest absolute Gasteiger partial charge is 0.266 e. The van der Waals surface area contributed by atoms with Crippen LogP contribution < -0.4 is 19.1 Å². The largest absolute Gasteiger partial charge is 0.493 e. The molecule has 162 valence electrons. The molecule has 0 saturated heterocycles. The van der Waals surface area contributed by atoms with E-state index in [2.05, 4.69) is 5.32 Å². The Morgan fingerprint density at radius 1 is 0.903 bits per heavy atom. The summed E-state index contributed by atoms with van der Waals surface area (Å²) >= 11 is 0. The molecular weight excluding hydrogens is 416 g/mol. The molecule has 0 radical (unpaired) electrons. The molecule has 0 unspecified atom stereocenters. The predicted octanol–water partition coefficient (Wildman–Crippen LogP) is 3.93. The normalized spacial score (nSPS) is 10.9. The molecule has 31 heavy (non-hydrogen) atoms. The van der Waals surface area contributed by atoms with Crippen molar-refractivity contribution >= 4 is 27.3 Å². The minimum atomic E-state index is -3.90. The molecule has 0 spiro atoms. The van der Waals surface area contributed by atoms with E-state index in [1.165, 1.54) is 17.5 Å². The van der Waals surface area contributed by atoms with Gasteiger partial charge in [-0.05, 0) is 43.3 Å². The summed E-state index contributed by atoms with van der Waals surface area (Å²) in [6.45, 7) is 1.70. The van der Waals surface area contributed by atoms with Crippen molar-refractivity contribution in [2.75, 3.05) is 29.9 Å². The lowest BCUT2D eigenvalue weighted by atomic mass is 10.3. The van der Waals surface area contributed by atoms with Gasteiger partial charge in [0.2, 0.25) is 0 Å². The van der Waals surface area contributed by atoms with E-state index < -0.39 is 15.9 Å². The number of hydrogen-bond acceptors (Lipinski definition) is 5. The molecule has 0 aliphatic rings. The van der Waals surface area contributed by atoms with E-state index in [1.54, 1.807) is 73.7 Å². The number of methoxy groups -OCH3 is 1. The SMILES string of the molecule is CCN(c1ccccc1)S(=O)(=O)c1ccccc1NC(=O)COc1ccccc1OC. The van der Waals surface area contributed by atoms with Gasteiger partial charge in [0, 0.05) is 6.54 Å². The molecule has 1 N–H and O–H groups in total. The summed E-state index contributed by atoms with van der Waals surface area (Å²) < 4.78 is 38.7. The number of ether oxygens (including phenoxy) is 2. The number of carbonyl (C=O) groups is 1. The Balaban J connectivity index is 1.80. The zero-order chi connectivity index (χ0) is 22.3. The number of nitrogens with zero attached hydrogens (tertiary/aromatic N) is 1. The highest BCUT2D eigenvalue weighted by atomic mass is 32.2. The topological polar surface area (TPSA) is 84.9 Å². The number of amides is 1. The number of rotatable bonds is 9. The molecule has 3 aromatic carbocycles. The summed E-state index contributed by atoms with van der Waals surface area (Å²) in [6, 6.07) is 22.1. The van der Waals surface area contributed by atoms with Crippen molar-refractivity contribution in [3.05, 3.63) is 78.9 Å². The molecule has 3 aromatic rings. The van der Waals surface area contributed by atoms with Crippen LogP contribution in [-0.4, -0.2) is 34.6 Å². The first-order valence-electron chi connectivity index (χ1n) is 9.70. The number of para-hydroxylation sites is 4. The number of nitrogens with one attached hydrogen (secondary N) is 1. The summed E-state index contributed by atoms with van der Waals surface area (Å²) in [6.07, 6.45) is 0. The number of benzene rings is 3. The molecule has 0 saturated carbocycles. The Morgan fingerprint density at radius 2 is 1.52 bits per heavy atom. The van der Waals surface area contributed by atoms with Gasteiger partial charge in [-0.1, -0.05) is 42.5 Å². The van der Waals surface area contributed by atoms with Crippen LogP contribution in [-0.2, 0) is 14.8 Å². The van der Waals surface area contributed by atoms with Crippen molar-refractivity contribution in [3.8, 4) is 11.5 Å². The van der Waals surface area contributed by atoms with E-state index in [0.29, 0.717) is 17.2 Å². The lowest BCUT2D eigenvalue weighted by molar-refractivity contribution is -0.118. The van der Waals surface area contributed by atoms with Crippen LogP contribution in [0.4, 0.5) is 11.4 Å². The summed E-state index contributed by atoms with van der Waals surface area (Å²) in [4.78, 5) is 12.5. The minimum Gasteiger partial charge on any atom is -0.493 e. The highest BCUT2D eigenvalue weighted by Crippen LogP contribution is 2.29. The van der Waals surface area contributed by atoms with E-state index in [1.807, 2.05) is 6.07 Å². The van der Waals surface area contributed by atoms with Gasteiger partial charge in [0.25, 0.3) is 15.9 Å². The Bertz CT molecular complexity index is 1130. The molecule has 0 aromatic heterocycles. The number of hydrogen-bond donors (Lipinski definition) is 1. The highest BCUT2D eigenvalue weighted by Gasteiger charge is 2.26. The van der Waals surface area contributed by atoms with Crippen molar-refractivity contribution in [1.29, 1.82) is 0 Å². The van der Waals surface area contributed by atoms with Gasteiger partial charge in [-0.3, -0.25) is 9.10 Å². The van der Waals surface area contributed by atoms with Crippen LogP contribution in [0, 0.1) is 0 Å². The van der Waals surface area contributed by atoms with Crippen molar-refractivity contribution in [1.82, 2.24) is 0 Å². The Kier molecular flexibility index (Phi) is 7.15. The molecular formula is C23H24N2O5S. The maximum Gasteiger partial charge on any atom is 0.266 e. The van der Waals surface area contributed by atoms with E-state index >= 15 is 0 Å². The van der Waals surface area contributed by atoms with Gasteiger partial charge >= 0.3 is 0 Å². The third-order valence-corrected chi connectivity index (χ3v) is 6.45. The third kappa shape index (κ3) is 5.16. The van der Waals surface area contributed by atoms with Gasteiger partial charge in [-0.2, -0.15) is 0 Å². The average Bonchev–Trinajstić information content (AvgIpc) is 2.79. The zero-order valence-electron chi connectivity index (χ0n) is 17.3. The van der Waals surface area contributed by atoms with Crippen LogP contribution in [0.15, 0.2) is 83.8 Å². The first-order valence-corrected chi connectivity index (χ1v) is 11.1. The molecule has 3 rings (SSSR count). The Labute approximate surface area is 182 Å². The van der Waals surface area contributed by atoms with Crippen LogP contribution in [0.1, 0.15) is 6.92 Å². The monoisotopic (exact) mass is 440 g/mol. The molecule has 7 nitrogen and oxygen atoms in total. The summed E-state index contributed by atoms with van der Waals surface area (Å²) in [5.41, 5.74) is 0.733. The second kappa shape index (κ2) is 9.99. The highest BCUT2D eigenvalue weighted by molar-refractivity contribution is 7.93. The van der Waals surface area contributed by atoms with Crippen LogP contribution in [0.3, 0.4) is 0 Å². The Hall–Kier alpha value is -3.52. The van der Waals surface area contributed by atoms with E-state index in [9.17, 15) is 13.2 Å². The summed E-state index contributed by atoms with van der Waals surface area (Å²) in [7, 11) is -2.39. The molecule has 0 aliphatic carbocycles. The standard InChI is InChI=1S/C23H24N2O5S/c1-3-25(18-11-5-4-6-12-18)31(27,28)22-16-10-7-13-19(22)24-23(26)17-30-21-15-9-8-14-20(21)29-2/h4-16H,3,17H2,1-2H3,(H,24,26). The fraction of sp³-hybridized carbons (Fsp3) is 0.174. The number of sulfonamides is 1. The van der Waals surface area contributed by atoms with E-state index in [-0.39, 0.29) is 23.7 Å². The van der Waals surface area contributed by atoms with Gasteiger partial charge in [0.05, 0.1) is 18.5 Å². The van der Waals surface area contributed by atoms with Crippen LogP contribution in [0.25, 0.3) is 0 Å². The second-order valence-electron chi connectivity index (χ2n) is 6.49. The maximum atomic E-state index is 13.4. The van der Waals surface area contributed by atoms with Gasteiger partial charge in [-0.15, -0.1) is 0 Å². The van der Waals surface area contributed by atoms with E-state index in [0.717, 1.165) is 0 Å². The van der Waals surface area contributed by atoms with Crippen molar-refractivity contribution in [2.24, 2.45) is 0 Å². The van der Waals surface area contributed by atoms with Crippen LogP contribution in [0.2, 0.25) is 0 Å². The average molecular weight is 441 g/mol. The third-order valence-electron chi connectivity index (χ3n) is 4.49. The number of anilines is 2. The van der Waals surface area contributed by atoms with Crippen LogP contribution >= 0.6 is 0 Å². The van der Waals surface area contributed by atoms with Crippen LogP contribution in [0.5, 0.6) is 11.5 Å². The fourth-order valence-electron chi connectivity index (χ4n) is 3.07. The zero-order valence-corrected chi connectivity index (χ0v) is 18.1. The molecule has 1 amide bonds. The maximum absolute atomic E-state index is 13.4. The van der Waals surface area contributed by atoms with Crippen molar-refractivity contribution < 1.29 is 22.7 Å². The predicted molar refractivity (Wildman–Crippen MR) is 120 cm³/mol. The van der Waals surface area contributed by atoms with Crippen molar-refractivity contribution in [2.45, 2.75) is 11.8 Å². The fourth-order valence-corrected chi connectivity index (χ4v) is 4.69. The summed E-state index contributed by atoms with van der Waals surface area (Å²) in [5, 5.41) is 2.64. The molecule has 0 aliphatic heterocycles. The van der Waals surface area contributed by atoms with Gasteiger partial charge in [0.1, 0.15) is 4.90 Å². The quantitative estimate of drug-likeness (QED) is 0.545. The molecule has 8 heteroatoms. The molecule has 0 heterocycles. The van der Waals surface area contributed by atoms with Gasteiger partial charge in [0.15, 0.2) is 18.1 Å². The molecule has 0 atom stereocenters. The second-order valence-corrected chi connectivity index (χ2v) is 8.32. The van der Waals surface area contributed by atoms with E-state index in [4.69, 9.17) is 9.47 Å². The van der Waals surface area contributed by atoms with Crippen molar-refractivity contribution in [3.63, 3.8) is 0 Å². The molecule has 0 fully saturated rings. The lowest BCUT2D eigenvalue weighted by Crippen LogP contribution is -2.32. The van der Waals surface area contributed by atoms with Gasteiger partial charge in [-0.25, -0.2) is 8.42 Å². The lowest BCUT2D eigenvalue weighted by Gasteiger charge is -2.24. The minimum absolute atomic E-state index is 0.00587.